The zero-order chi connectivity index (χ0) is 15.5. The van der Waals surface area contributed by atoms with Crippen LogP contribution >= 0.6 is 11.6 Å². The summed E-state index contributed by atoms with van der Waals surface area (Å²) >= 11 is 5.99. The molecule has 2 heterocycles. The molecule has 0 aliphatic carbocycles. The molecule has 22 heavy (non-hydrogen) atoms. The van der Waals surface area contributed by atoms with Crippen LogP contribution in [0, 0.1) is 0 Å². The van der Waals surface area contributed by atoms with Gasteiger partial charge < -0.3 is 9.64 Å². The highest BCUT2D eigenvalue weighted by molar-refractivity contribution is 6.30. The SMILES string of the molecule is COC[C@H]1CCCN1C(=O)c1ccn(-c2cccc(Cl)c2)n1. The Morgan fingerprint density at radius 1 is 1.45 bits per heavy atom. The molecule has 0 bridgehead atoms. The topological polar surface area (TPSA) is 47.4 Å². The normalized spacial score (nSPS) is 17.9. The molecule has 3 rings (SSSR count). The Hall–Kier alpha value is -1.85. The lowest BCUT2D eigenvalue weighted by molar-refractivity contribution is 0.0624. The van der Waals surface area contributed by atoms with E-state index in [2.05, 4.69) is 5.10 Å². The molecule has 5 nitrogen and oxygen atoms in total. The van der Waals surface area contributed by atoms with Gasteiger partial charge in [-0.25, -0.2) is 4.68 Å². The van der Waals surface area contributed by atoms with Gasteiger partial charge in [-0.05, 0) is 37.1 Å². The number of amides is 1. The van der Waals surface area contributed by atoms with Crippen LogP contribution in [0.25, 0.3) is 5.69 Å². The number of hydrogen-bond acceptors (Lipinski definition) is 3. The molecule has 0 saturated carbocycles. The van der Waals surface area contributed by atoms with Crippen molar-refractivity contribution in [1.82, 2.24) is 14.7 Å². The number of nitrogens with zero attached hydrogens (tertiary/aromatic N) is 3. The fourth-order valence-corrected chi connectivity index (χ4v) is 3.00. The number of hydrogen-bond donors (Lipinski definition) is 0. The molecule has 116 valence electrons. The van der Waals surface area contributed by atoms with Crippen molar-refractivity contribution < 1.29 is 9.53 Å². The maximum absolute atomic E-state index is 12.6. The van der Waals surface area contributed by atoms with Crippen LogP contribution in [0.1, 0.15) is 23.3 Å². The van der Waals surface area contributed by atoms with Gasteiger partial charge in [-0.3, -0.25) is 4.79 Å². The van der Waals surface area contributed by atoms with Crippen LogP contribution < -0.4 is 0 Å². The summed E-state index contributed by atoms with van der Waals surface area (Å²) in [5, 5.41) is 5.03. The van der Waals surface area contributed by atoms with Gasteiger partial charge in [0.25, 0.3) is 5.91 Å². The first-order chi connectivity index (χ1) is 10.7. The minimum atomic E-state index is -0.0414. The molecule has 1 amide bonds. The molecule has 1 aromatic carbocycles. The largest absolute Gasteiger partial charge is 0.383 e. The number of methoxy groups -OCH3 is 1. The molecule has 0 spiro atoms. The van der Waals surface area contributed by atoms with Crippen LogP contribution in [-0.2, 0) is 4.74 Å². The van der Waals surface area contributed by atoms with Gasteiger partial charge in [0.1, 0.15) is 0 Å². The van der Waals surface area contributed by atoms with Crippen LogP contribution in [0.3, 0.4) is 0 Å². The molecule has 1 saturated heterocycles. The van der Waals surface area contributed by atoms with Crippen LogP contribution in [-0.4, -0.2) is 46.9 Å². The van der Waals surface area contributed by atoms with Gasteiger partial charge in [-0.1, -0.05) is 17.7 Å². The summed E-state index contributed by atoms with van der Waals surface area (Å²) in [7, 11) is 1.66. The van der Waals surface area contributed by atoms with Gasteiger partial charge in [0.15, 0.2) is 5.69 Å². The molecule has 1 atom stereocenters. The van der Waals surface area contributed by atoms with Crippen molar-refractivity contribution in [2.75, 3.05) is 20.3 Å². The van der Waals surface area contributed by atoms with Gasteiger partial charge in [0.05, 0.1) is 18.3 Å². The summed E-state index contributed by atoms with van der Waals surface area (Å²) in [5.41, 5.74) is 1.28. The van der Waals surface area contributed by atoms with E-state index in [0.29, 0.717) is 17.3 Å². The van der Waals surface area contributed by atoms with Gasteiger partial charge >= 0.3 is 0 Å². The third-order valence-electron chi connectivity index (χ3n) is 3.88. The van der Waals surface area contributed by atoms with Crippen molar-refractivity contribution in [2.45, 2.75) is 18.9 Å². The lowest BCUT2D eigenvalue weighted by Gasteiger charge is -2.23. The fraction of sp³-hybridized carbons (Fsp3) is 0.375. The number of rotatable bonds is 4. The van der Waals surface area contributed by atoms with E-state index in [0.717, 1.165) is 25.1 Å². The predicted octanol–water partition coefficient (Wildman–Crippen LogP) is 2.78. The number of benzene rings is 1. The van der Waals surface area contributed by atoms with Gasteiger partial charge in [-0.15, -0.1) is 0 Å². The van der Waals surface area contributed by atoms with Crippen molar-refractivity contribution in [3.05, 3.63) is 47.2 Å². The highest BCUT2D eigenvalue weighted by Gasteiger charge is 2.30. The Kier molecular flexibility index (Phi) is 4.45. The molecule has 1 fully saturated rings. The maximum Gasteiger partial charge on any atom is 0.274 e. The van der Waals surface area contributed by atoms with Gasteiger partial charge in [0, 0.05) is 24.9 Å². The van der Waals surface area contributed by atoms with Crippen molar-refractivity contribution >= 4 is 17.5 Å². The zero-order valence-electron chi connectivity index (χ0n) is 12.4. The third-order valence-corrected chi connectivity index (χ3v) is 4.11. The third kappa shape index (κ3) is 3.00. The summed E-state index contributed by atoms with van der Waals surface area (Å²) < 4.78 is 6.86. The second kappa shape index (κ2) is 6.50. The van der Waals surface area contributed by atoms with E-state index in [1.807, 2.05) is 23.1 Å². The second-order valence-corrected chi connectivity index (χ2v) is 5.81. The Morgan fingerprint density at radius 3 is 3.09 bits per heavy atom. The molecule has 0 radical (unpaired) electrons. The summed E-state index contributed by atoms with van der Waals surface area (Å²) in [5.74, 6) is -0.0414. The maximum atomic E-state index is 12.6. The van der Waals surface area contributed by atoms with Crippen LogP contribution in [0.15, 0.2) is 36.5 Å². The molecular weight excluding hydrogens is 302 g/mol. The van der Waals surface area contributed by atoms with Crippen LogP contribution in [0.5, 0.6) is 0 Å². The number of carbonyl (C=O) groups is 1. The highest BCUT2D eigenvalue weighted by atomic mass is 35.5. The number of likely N-dealkylation sites (tertiary alicyclic amines) is 1. The highest BCUT2D eigenvalue weighted by Crippen LogP contribution is 2.20. The quantitative estimate of drug-likeness (QED) is 0.870. The lowest BCUT2D eigenvalue weighted by Crippen LogP contribution is -2.38. The molecule has 1 aliphatic heterocycles. The van der Waals surface area contributed by atoms with E-state index in [1.54, 1.807) is 30.1 Å². The average Bonchev–Trinajstić information content (AvgIpc) is 3.16. The van der Waals surface area contributed by atoms with Crippen molar-refractivity contribution in [2.24, 2.45) is 0 Å². The Bertz CT molecular complexity index is 671. The van der Waals surface area contributed by atoms with E-state index >= 15 is 0 Å². The zero-order valence-corrected chi connectivity index (χ0v) is 13.2. The van der Waals surface area contributed by atoms with Crippen LogP contribution in [0.2, 0.25) is 5.02 Å². The van der Waals surface area contributed by atoms with E-state index in [-0.39, 0.29) is 11.9 Å². The second-order valence-electron chi connectivity index (χ2n) is 5.38. The number of carbonyl (C=O) groups excluding carboxylic acids is 1. The number of ether oxygens (including phenoxy) is 1. The minimum Gasteiger partial charge on any atom is -0.383 e. The smallest absolute Gasteiger partial charge is 0.274 e. The van der Waals surface area contributed by atoms with E-state index < -0.39 is 0 Å². The monoisotopic (exact) mass is 319 g/mol. The standard InChI is InChI=1S/C16H18ClN3O2/c1-22-11-14-6-3-8-19(14)16(21)15-7-9-20(18-15)13-5-2-4-12(17)10-13/h2,4-5,7,9-10,14H,3,6,8,11H2,1H3/t14-/m1/s1. The first kappa shape index (κ1) is 15.1. The Balaban J connectivity index is 1.80. The number of halogens is 1. The average molecular weight is 320 g/mol. The van der Waals surface area contributed by atoms with E-state index in [1.165, 1.54) is 0 Å². The first-order valence-corrected chi connectivity index (χ1v) is 7.68. The fourth-order valence-electron chi connectivity index (χ4n) is 2.82. The summed E-state index contributed by atoms with van der Waals surface area (Å²) in [6.45, 7) is 1.33. The molecule has 2 aromatic rings. The van der Waals surface area contributed by atoms with Crippen molar-refractivity contribution in [1.29, 1.82) is 0 Å². The molecule has 0 N–H and O–H groups in total. The number of aromatic nitrogens is 2. The summed E-state index contributed by atoms with van der Waals surface area (Å²) in [6.07, 6.45) is 3.77. The van der Waals surface area contributed by atoms with Crippen molar-refractivity contribution in [3.8, 4) is 5.69 Å². The summed E-state index contributed by atoms with van der Waals surface area (Å²) in [6, 6.07) is 9.26. The molecular formula is C16H18ClN3O2. The summed E-state index contributed by atoms with van der Waals surface area (Å²) in [4.78, 5) is 14.5. The minimum absolute atomic E-state index is 0.0414. The van der Waals surface area contributed by atoms with Crippen molar-refractivity contribution in [3.63, 3.8) is 0 Å². The molecule has 1 aliphatic rings. The molecule has 6 heteroatoms. The van der Waals surface area contributed by atoms with Crippen LogP contribution in [0.4, 0.5) is 0 Å². The first-order valence-electron chi connectivity index (χ1n) is 7.30. The molecule has 1 aromatic heterocycles. The van der Waals surface area contributed by atoms with Gasteiger partial charge in [0.2, 0.25) is 0 Å². The van der Waals surface area contributed by atoms with E-state index in [4.69, 9.17) is 16.3 Å². The Labute approximate surface area is 134 Å². The van der Waals surface area contributed by atoms with E-state index in [9.17, 15) is 4.79 Å². The predicted molar refractivity (Wildman–Crippen MR) is 84.5 cm³/mol. The molecule has 0 unspecified atom stereocenters. The lowest BCUT2D eigenvalue weighted by atomic mass is 10.2. The van der Waals surface area contributed by atoms with Gasteiger partial charge in [-0.2, -0.15) is 5.10 Å². The Morgan fingerprint density at radius 2 is 2.32 bits per heavy atom.